The number of fused-ring (bicyclic) bond motifs is 1. The molecule has 1 aromatic heterocycles. The molecule has 0 radical (unpaired) electrons. The third-order valence-corrected chi connectivity index (χ3v) is 2.91. The predicted octanol–water partition coefficient (Wildman–Crippen LogP) is 2.47. The van der Waals surface area contributed by atoms with Gasteiger partial charge in [-0.05, 0) is 23.9 Å². The van der Waals surface area contributed by atoms with Crippen LogP contribution in [0.25, 0.3) is 0 Å². The zero-order chi connectivity index (χ0) is 10.6. The standard InChI is InChI=1S/C8H10OS.C2H4O2/c1-6-7-3-5-10-8(7)2-4-9-6;1-2(3)4/h3,5-6H,2,4H2,1H3;1H3,(H,3,4). The summed E-state index contributed by atoms with van der Waals surface area (Å²) >= 11 is 1.85. The molecule has 4 heteroatoms. The van der Waals surface area contributed by atoms with Gasteiger partial charge in [-0.15, -0.1) is 11.3 Å². The summed E-state index contributed by atoms with van der Waals surface area (Å²) < 4.78 is 5.47. The number of carbonyl (C=O) groups is 1. The first-order valence-electron chi connectivity index (χ1n) is 4.48. The van der Waals surface area contributed by atoms with E-state index in [1.54, 1.807) is 0 Å². The van der Waals surface area contributed by atoms with Gasteiger partial charge in [0.15, 0.2) is 0 Å². The fourth-order valence-electron chi connectivity index (χ4n) is 1.33. The van der Waals surface area contributed by atoms with Crippen molar-refractivity contribution < 1.29 is 14.6 Å². The van der Waals surface area contributed by atoms with Crippen molar-refractivity contribution in [2.75, 3.05) is 6.61 Å². The van der Waals surface area contributed by atoms with Crippen LogP contribution in [0.2, 0.25) is 0 Å². The lowest BCUT2D eigenvalue weighted by Gasteiger charge is -2.18. The summed E-state index contributed by atoms with van der Waals surface area (Å²) in [6.07, 6.45) is 1.44. The van der Waals surface area contributed by atoms with Gasteiger partial charge in [-0.2, -0.15) is 0 Å². The average molecular weight is 214 g/mol. The molecule has 0 saturated carbocycles. The molecule has 1 unspecified atom stereocenters. The molecule has 1 aliphatic heterocycles. The van der Waals surface area contributed by atoms with Gasteiger partial charge < -0.3 is 9.84 Å². The maximum Gasteiger partial charge on any atom is 0.300 e. The topological polar surface area (TPSA) is 46.5 Å². The largest absolute Gasteiger partial charge is 0.481 e. The van der Waals surface area contributed by atoms with E-state index in [1.165, 1.54) is 10.4 Å². The lowest BCUT2D eigenvalue weighted by molar-refractivity contribution is -0.134. The summed E-state index contributed by atoms with van der Waals surface area (Å²) in [5, 5.41) is 9.57. The lowest BCUT2D eigenvalue weighted by Crippen LogP contribution is -2.10. The normalized spacial score (nSPS) is 19.1. The zero-order valence-corrected chi connectivity index (χ0v) is 9.13. The summed E-state index contributed by atoms with van der Waals surface area (Å²) in [5.74, 6) is -0.833. The highest BCUT2D eigenvalue weighted by molar-refractivity contribution is 7.10. The fourth-order valence-corrected chi connectivity index (χ4v) is 2.28. The summed E-state index contributed by atoms with van der Waals surface area (Å²) in [4.78, 5) is 10.5. The van der Waals surface area contributed by atoms with E-state index in [1.807, 2.05) is 11.3 Å². The van der Waals surface area contributed by atoms with E-state index in [4.69, 9.17) is 14.6 Å². The molecule has 2 rings (SSSR count). The van der Waals surface area contributed by atoms with Gasteiger partial charge in [-0.1, -0.05) is 0 Å². The number of thiophene rings is 1. The second-order valence-electron chi connectivity index (χ2n) is 3.08. The van der Waals surface area contributed by atoms with Crippen molar-refractivity contribution in [2.45, 2.75) is 26.4 Å². The van der Waals surface area contributed by atoms with Crippen LogP contribution in [-0.2, 0) is 16.0 Å². The number of hydrogen-bond donors (Lipinski definition) is 1. The highest BCUT2D eigenvalue weighted by Gasteiger charge is 2.16. The first-order valence-corrected chi connectivity index (χ1v) is 5.36. The molecule has 0 spiro atoms. The van der Waals surface area contributed by atoms with Crippen LogP contribution in [-0.4, -0.2) is 17.7 Å². The molecule has 0 fully saturated rings. The van der Waals surface area contributed by atoms with Gasteiger partial charge in [0.1, 0.15) is 0 Å². The molecule has 0 bridgehead atoms. The summed E-state index contributed by atoms with van der Waals surface area (Å²) in [6.45, 7) is 4.10. The van der Waals surface area contributed by atoms with E-state index in [9.17, 15) is 0 Å². The van der Waals surface area contributed by atoms with Crippen molar-refractivity contribution >= 4 is 17.3 Å². The number of carboxylic acids is 1. The number of carboxylic acid groups (broad SMARTS) is 1. The van der Waals surface area contributed by atoms with Crippen LogP contribution >= 0.6 is 11.3 Å². The van der Waals surface area contributed by atoms with Crippen LogP contribution < -0.4 is 0 Å². The van der Waals surface area contributed by atoms with Crippen LogP contribution in [0, 0.1) is 0 Å². The van der Waals surface area contributed by atoms with Crippen molar-refractivity contribution in [3.05, 3.63) is 21.9 Å². The molecule has 1 aliphatic rings. The highest BCUT2D eigenvalue weighted by atomic mass is 32.1. The van der Waals surface area contributed by atoms with E-state index in [0.717, 1.165) is 20.0 Å². The molecule has 0 aliphatic carbocycles. The van der Waals surface area contributed by atoms with Crippen LogP contribution in [0.4, 0.5) is 0 Å². The number of rotatable bonds is 0. The van der Waals surface area contributed by atoms with Crippen molar-refractivity contribution in [3.8, 4) is 0 Å². The second kappa shape index (κ2) is 5.12. The Morgan fingerprint density at radius 1 is 1.71 bits per heavy atom. The molecule has 0 amide bonds. The van der Waals surface area contributed by atoms with E-state index < -0.39 is 5.97 Å². The quantitative estimate of drug-likeness (QED) is 0.721. The average Bonchev–Trinajstić information content (AvgIpc) is 2.52. The Hall–Kier alpha value is -0.870. The molecular weight excluding hydrogens is 200 g/mol. The van der Waals surface area contributed by atoms with E-state index in [-0.39, 0.29) is 0 Å². The molecule has 1 atom stereocenters. The minimum absolute atomic E-state index is 0.329. The van der Waals surface area contributed by atoms with Gasteiger partial charge in [-0.25, -0.2) is 0 Å². The minimum Gasteiger partial charge on any atom is -0.481 e. The van der Waals surface area contributed by atoms with Gasteiger partial charge in [0.2, 0.25) is 0 Å². The zero-order valence-electron chi connectivity index (χ0n) is 8.32. The van der Waals surface area contributed by atoms with Crippen molar-refractivity contribution in [2.24, 2.45) is 0 Å². The summed E-state index contributed by atoms with van der Waals surface area (Å²) in [5.41, 5.74) is 1.40. The molecule has 1 aromatic rings. The van der Waals surface area contributed by atoms with Gasteiger partial charge in [0, 0.05) is 18.2 Å². The van der Waals surface area contributed by atoms with Gasteiger partial charge in [-0.3, -0.25) is 4.79 Å². The van der Waals surface area contributed by atoms with Gasteiger partial charge in [0.05, 0.1) is 12.7 Å². The fraction of sp³-hybridized carbons (Fsp3) is 0.500. The Morgan fingerprint density at radius 3 is 2.93 bits per heavy atom. The number of hydrogen-bond acceptors (Lipinski definition) is 3. The van der Waals surface area contributed by atoms with Crippen molar-refractivity contribution in [3.63, 3.8) is 0 Å². The van der Waals surface area contributed by atoms with Crippen molar-refractivity contribution in [1.29, 1.82) is 0 Å². The molecular formula is C10H14O3S. The van der Waals surface area contributed by atoms with Crippen LogP contribution in [0.15, 0.2) is 11.4 Å². The molecule has 1 N–H and O–H groups in total. The van der Waals surface area contributed by atoms with Gasteiger partial charge in [0.25, 0.3) is 5.97 Å². The monoisotopic (exact) mass is 214 g/mol. The van der Waals surface area contributed by atoms with Crippen LogP contribution in [0.3, 0.4) is 0 Å². The van der Waals surface area contributed by atoms with Crippen molar-refractivity contribution in [1.82, 2.24) is 0 Å². The second-order valence-corrected chi connectivity index (χ2v) is 4.08. The smallest absolute Gasteiger partial charge is 0.300 e. The first kappa shape index (κ1) is 11.2. The van der Waals surface area contributed by atoms with Crippen LogP contribution in [0.5, 0.6) is 0 Å². The minimum atomic E-state index is -0.833. The SMILES string of the molecule is CC(=O)O.CC1OCCc2sccc21. The molecule has 78 valence electrons. The Balaban J connectivity index is 0.000000213. The Bertz CT molecular complexity index is 302. The third kappa shape index (κ3) is 3.12. The molecule has 2 heterocycles. The van der Waals surface area contributed by atoms with Gasteiger partial charge >= 0.3 is 0 Å². The van der Waals surface area contributed by atoms with Crippen LogP contribution in [0.1, 0.15) is 30.4 Å². The molecule has 0 saturated heterocycles. The molecule has 3 nitrogen and oxygen atoms in total. The third-order valence-electron chi connectivity index (χ3n) is 1.91. The maximum absolute atomic E-state index is 9.00. The van der Waals surface area contributed by atoms with E-state index >= 15 is 0 Å². The molecule has 14 heavy (non-hydrogen) atoms. The summed E-state index contributed by atoms with van der Waals surface area (Å²) in [6, 6.07) is 2.17. The number of aliphatic carboxylic acids is 1. The Morgan fingerprint density at radius 2 is 2.36 bits per heavy atom. The van der Waals surface area contributed by atoms with E-state index in [2.05, 4.69) is 18.4 Å². The lowest BCUT2D eigenvalue weighted by atomic mass is 10.1. The number of ether oxygens (including phenoxy) is 1. The maximum atomic E-state index is 9.00. The Kier molecular flexibility index (Phi) is 4.10. The Labute approximate surface area is 87.3 Å². The summed E-state index contributed by atoms with van der Waals surface area (Å²) in [7, 11) is 0. The first-order chi connectivity index (χ1) is 6.61. The molecule has 0 aromatic carbocycles. The highest BCUT2D eigenvalue weighted by Crippen LogP contribution is 2.29. The predicted molar refractivity (Wildman–Crippen MR) is 55.7 cm³/mol. The van der Waals surface area contributed by atoms with E-state index in [0.29, 0.717) is 6.10 Å².